The zero-order valence-corrected chi connectivity index (χ0v) is 26.3. The minimum Gasteiger partial charge on any atom is -0.494 e. The summed E-state index contributed by atoms with van der Waals surface area (Å²) >= 11 is 6.49. The van der Waals surface area contributed by atoms with Gasteiger partial charge in [0, 0.05) is 17.6 Å². The third kappa shape index (κ3) is 8.30. The molecule has 0 radical (unpaired) electrons. The molecular weight excluding hydrogens is 586 g/mol. The average Bonchev–Trinajstić information content (AvgIpc) is 3.02. The summed E-state index contributed by atoms with van der Waals surface area (Å²) in [6.07, 6.45) is 5.42. The number of amides is 2. The number of nitrogens with zero attached hydrogens (tertiary/aromatic N) is 2. The number of hydrogen-bond donors (Lipinski definition) is 1. The van der Waals surface area contributed by atoms with Gasteiger partial charge in [-0.15, -0.1) is 0 Å². The maximum Gasteiger partial charge on any atom is 0.264 e. The minimum atomic E-state index is -4.15. The molecule has 0 spiro atoms. The lowest BCUT2D eigenvalue weighted by atomic mass is 9.95. The molecule has 8 nitrogen and oxygen atoms in total. The lowest BCUT2D eigenvalue weighted by Crippen LogP contribution is -2.54. The predicted octanol–water partition coefficient (Wildman–Crippen LogP) is 6.19. The number of ether oxygens (including phenoxy) is 1. The van der Waals surface area contributed by atoms with Crippen LogP contribution in [0.5, 0.6) is 5.75 Å². The number of carbonyl (C=O) groups is 2. The summed E-state index contributed by atoms with van der Waals surface area (Å²) < 4.78 is 34.6. The van der Waals surface area contributed by atoms with Crippen molar-refractivity contribution in [1.82, 2.24) is 10.2 Å². The summed E-state index contributed by atoms with van der Waals surface area (Å²) in [7, 11) is -4.15. The summed E-state index contributed by atoms with van der Waals surface area (Å²) in [6.45, 7) is 3.71. The Morgan fingerprint density at radius 2 is 1.58 bits per heavy atom. The molecule has 0 heterocycles. The Kier molecular flexibility index (Phi) is 11.5. The zero-order chi connectivity index (χ0) is 30.8. The first-order valence-corrected chi connectivity index (χ1v) is 16.7. The largest absolute Gasteiger partial charge is 0.494 e. The van der Waals surface area contributed by atoms with Crippen molar-refractivity contribution in [3.63, 3.8) is 0 Å². The second-order valence-corrected chi connectivity index (χ2v) is 12.9. The molecule has 1 saturated carbocycles. The van der Waals surface area contributed by atoms with Crippen LogP contribution >= 0.6 is 11.6 Å². The van der Waals surface area contributed by atoms with Crippen LogP contribution in [0.15, 0.2) is 83.8 Å². The average molecular weight is 626 g/mol. The normalized spacial score (nSPS) is 14.5. The fourth-order valence-electron chi connectivity index (χ4n) is 5.40. The molecule has 0 bridgehead atoms. The first-order valence-electron chi connectivity index (χ1n) is 14.9. The van der Waals surface area contributed by atoms with Gasteiger partial charge in [-0.05, 0) is 74.2 Å². The number of anilines is 1. The SMILES string of the molecule is CCOc1ccc(N(CC(=O)N(Cc2ccccc2Cl)C(CC)C(=O)NC2CCCCC2)S(=O)(=O)c2ccccc2)cc1. The van der Waals surface area contributed by atoms with E-state index in [9.17, 15) is 18.0 Å². The second-order valence-electron chi connectivity index (χ2n) is 10.6. The van der Waals surface area contributed by atoms with E-state index in [-0.39, 0.29) is 23.4 Å². The number of benzene rings is 3. The lowest BCUT2D eigenvalue weighted by Gasteiger charge is -2.34. The van der Waals surface area contributed by atoms with Gasteiger partial charge in [0.05, 0.1) is 17.2 Å². The molecule has 1 fully saturated rings. The molecule has 0 aromatic heterocycles. The van der Waals surface area contributed by atoms with Crippen LogP contribution in [0.1, 0.15) is 57.9 Å². The summed E-state index contributed by atoms with van der Waals surface area (Å²) in [5, 5.41) is 3.61. The fourth-order valence-corrected chi connectivity index (χ4v) is 7.03. The van der Waals surface area contributed by atoms with E-state index < -0.39 is 28.5 Å². The molecule has 1 aliphatic carbocycles. The smallest absolute Gasteiger partial charge is 0.264 e. The number of halogens is 1. The number of hydrogen-bond acceptors (Lipinski definition) is 5. The number of sulfonamides is 1. The van der Waals surface area contributed by atoms with Gasteiger partial charge in [0.2, 0.25) is 11.8 Å². The van der Waals surface area contributed by atoms with Crippen LogP contribution in [0.25, 0.3) is 0 Å². The Hall–Kier alpha value is -3.56. The van der Waals surface area contributed by atoms with E-state index >= 15 is 0 Å². The fraction of sp³-hybridized carbons (Fsp3) is 0.394. The van der Waals surface area contributed by atoms with Crippen molar-refractivity contribution in [2.75, 3.05) is 17.5 Å². The Labute approximate surface area is 260 Å². The standard InChI is InChI=1S/C33H40ClN3O5S/c1-3-31(33(39)35-26-14-7-5-8-15-26)36(23-25-13-11-12-18-30(25)34)32(38)24-37(27-19-21-28(22-20-27)42-4-2)43(40,41)29-16-9-6-10-17-29/h6,9-13,16-22,26,31H,3-5,7-8,14-15,23-24H2,1-2H3,(H,35,39). The zero-order valence-electron chi connectivity index (χ0n) is 24.7. The van der Waals surface area contributed by atoms with Crippen molar-refractivity contribution in [2.45, 2.75) is 75.9 Å². The van der Waals surface area contributed by atoms with E-state index in [2.05, 4.69) is 5.32 Å². The molecule has 1 N–H and O–H groups in total. The predicted molar refractivity (Wildman–Crippen MR) is 170 cm³/mol. The number of rotatable bonds is 13. The Bertz CT molecular complexity index is 1460. The maximum atomic E-state index is 14.3. The molecule has 10 heteroatoms. The Balaban J connectivity index is 1.70. The monoisotopic (exact) mass is 625 g/mol. The quantitative estimate of drug-likeness (QED) is 0.244. The van der Waals surface area contributed by atoms with Crippen molar-refractivity contribution in [3.05, 3.63) is 89.4 Å². The minimum absolute atomic E-state index is 0.0522. The number of carbonyl (C=O) groups excluding carboxylic acids is 2. The van der Waals surface area contributed by atoms with E-state index in [0.29, 0.717) is 35.1 Å². The second kappa shape index (κ2) is 15.3. The van der Waals surface area contributed by atoms with Gasteiger partial charge in [-0.3, -0.25) is 13.9 Å². The molecular formula is C33H40ClN3O5S. The summed E-state index contributed by atoms with van der Waals surface area (Å²) in [5.41, 5.74) is 0.970. The van der Waals surface area contributed by atoms with Crippen LogP contribution in [0, 0.1) is 0 Å². The van der Waals surface area contributed by atoms with Crippen molar-refractivity contribution in [1.29, 1.82) is 0 Å². The molecule has 0 aliphatic heterocycles. The summed E-state index contributed by atoms with van der Waals surface area (Å²) in [6, 6.07) is 21.0. The molecule has 2 amide bonds. The van der Waals surface area contributed by atoms with Crippen molar-refractivity contribution in [3.8, 4) is 5.75 Å². The first kappa shape index (κ1) is 32.4. The van der Waals surface area contributed by atoms with E-state index in [4.69, 9.17) is 16.3 Å². The van der Waals surface area contributed by atoms with Gasteiger partial charge in [0.25, 0.3) is 10.0 Å². The maximum absolute atomic E-state index is 14.3. The molecule has 3 aromatic carbocycles. The highest BCUT2D eigenvalue weighted by molar-refractivity contribution is 7.92. The van der Waals surface area contributed by atoms with Crippen LogP contribution < -0.4 is 14.4 Å². The van der Waals surface area contributed by atoms with E-state index in [0.717, 1.165) is 36.4 Å². The third-order valence-corrected chi connectivity index (χ3v) is 9.84. The van der Waals surface area contributed by atoms with E-state index in [1.807, 2.05) is 19.9 Å². The van der Waals surface area contributed by atoms with Crippen molar-refractivity contribution in [2.24, 2.45) is 0 Å². The Morgan fingerprint density at radius 3 is 2.21 bits per heavy atom. The van der Waals surface area contributed by atoms with Gasteiger partial charge in [-0.1, -0.05) is 74.2 Å². The molecule has 1 atom stereocenters. The molecule has 1 aliphatic rings. The lowest BCUT2D eigenvalue weighted by molar-refractivity contribution is -0.140. The van der Waals surface area contributed by atoms with Crippen LogP contribution in [0.2, 0.25) is 5.02 Å². The summed E-state index contributed by atoms with van der Waals surface area (Å²) in [4.78, 5) is 29.4. The topological polar surface area (TPSA) is 96.0 Å². The van der Waals surface area contributed by atoms with E-state index in [1.165, 1.54) is 17.0 Å². The molecule has 3 aromatic rings. The summed E-state index contributed by atoms with van der Waals surface area (Å²) in [5.74, 6) is -0.173. The van der Waals surface area contributed by atoms with E-state index in [1.54, 1.807) is 60.7 Å². The van der Waals surface area contributed by atoms with Gasteiger partial charge >= 0.3 is 0 Å². The van der Waals surface area contributed by atoms with Crippen molar-refractivity contribution >= 4 is 39.1 Å². The molecule has 43 heavy (non-hydrogen) atoms. The van der Waals surface area contributed by atoms with Crippen molar-refractivity contribution < 1.29 is 22.7 Å². The molecule has 4 rings (SSSR count). The van der Waals surface area contributed by atoms with Crippen LogP contribution in [0.3, 0.4) is 0 Å². The van der Waals surface area contributed by atoms with Gasteiger partial charge in [-0.2, -0.15) is 0 Å². The highest BCUT2D eigenvalue weighted by Gasteiger charge is 2.34. The highest BCUT2D eigenvalue weighted by Crippen LogP contribution is 2.28. The van der Waals surface area contributed by atoms with Gasteiger partial charge in [-0.25, -0.2) is 8.42 Å². The van der Waals surface area contributed by atoms with Crippen LogP contribution in [-0.4, -0.2) is 50.4 Å². The van der Waals surface area contributed by atoms with Gasteiger partial charge in [0.15, 0.2) is 0 Å². The van der Waals surface area contributed by atoms with Gasteiger partial charge in [0.1, 0.15) is 18.3 Å². The Morgan fingerprint density at radius 1 is 0.930 bits per heavy atom. The number of nitrogens with one attached hydrogen (secondary N) is 1. The first-order chi connectivity index (χ1) is 20.7. The molecule has 0 saturated heterocycles. The highest BCUT2D eigenvalue weighted by atomic mass is 35.5. The van der Waals surface area contributed by atoms with Crippen LogP contribution in [0.4, 0.5) is 5.69 Å². The van der Waals surface area contributed by atoms with Gasteiger partial charge < -0.3 is 15.0 Å². The van der Waals surface area contributed by atoms with Crippen LogP contribution in [-0.2, 0) is 26.2 Å². The third-order valence-electron chi connectivity index (χ3n) is 7.68. The molecule has 230 valence electrons. The molecule has 1 unspecified atom stereocenters.